The van der Waals surface area contributed by atoms with Gasteiger partial charge in [0, 0.05) is 28.7 Å². The first kappa shape index (κ1) is 18.0. The van der Waals surface area contributed by atoms with E-state index >= 15 is 0 Å². The summed E-state index contributed by atoms with van der Waals surface area (Å²) in [7, 11) is 0. The van der Waals surface area contributed by atoms with Crippen molar-refractivity contribution in [1.29, 1.82) is 0 Å². The van der Waals surface area contributed by atoms with Gasteiger partial charge in [-0.3, -0.25) is 9.78 Å². The van der Waals surface area contributed by atoms with Gasteiger partial charge in [0.25, 0.3) is 5.56 Å². The fourth-order valence-corrected chi connectivity index (χ4v) is 5.26. The number of benzene rings is 2. The Labute approximate surface area is 181 Å². The largest absolute Gasteiger partial charge is 0.318 e. The van der Waals surface area contributed by atoms with Gasteiger partial charge in [-0.15, -0.1) is 0 Å². The maximum absolute atomic E-state index is 13.1. The van der Waals surface area contributed by atoms with Crippen LogP contribution in [-0.4, -0.2) is 18.9 Å². The summed E-state index contributed by atoms with van der Waals surface area (Å²) in [5.41, 5.74) is 7.00. The number of pyridine rings is 1. The van der Waals surface area contributed by atoms with Crippen molar-refractivity contribution >= 4 is 44.3 Å². The molecule has 31 heavy (non-hydrogen) atoms. The van der Waals surface area contributed by atoms with E-state index in [1.807, 2.05) is 48.7 Å². The summed E-state index contributed by atoms with van der Waals surface area (Å²) in [5.74, 6) is 0. The number of hydrogen-bond acceptors (Lipinski definition) is 4. The first-order valence-corrected chi connectivity index (χ1v) is 10.9. The molecule has 0 aliphatic carbocycles. The van der Waals surface area contributed by atoms with Gasteiger partial charge in [-0.25, -0.2) is 9.38 Å². The number of aryl methyl sites for hydroxylation is 1. The predicted molar refractivity (Wildman–Crippen MR) is 126 cm³/mol. The Hall–Kier alpha value is -3.77. The molecular formula is C25H18N4OS. The number of para-hydroxylation sites is 2. The zero-order chi connectivity index (χ0) is 21.1. The van der Waals surface area contributed by atoms with E-state index in [0.29, 0.717) is 4.53 Å². The molecule has 0 unspecified atom stereocenters. The van der Waals surface area contributed by atoms with Crippen LogP contribution in [0.25, 0.3) is 38.7 Å². The molecular weight excluding hydrogens is 404 g/mol. The summed E-state index contributed by atoms with van der Waals surface area (Å²) in [6.45, 7) is 4.18. The molecule has 6 heteroatoms. The molecule has 4 aromatic heterocycles. The summed E-state index contributed by atoms with van der Waals surface area (Å²) >= 11 is 1.43. The second-order valence-electron chi connectivity index (χ2n) is 7.68. The highest BCUT2D eigenvalue weighted by atomic mass is 32.1. The number of fused-ring (bicyclic) bond motifs is 4. The van der Waals surface area contributed by atoms with Crippen molar-refractivity contribution in [2.45, 2.75) is 13.8 Å². The summed E-state index contributed by atoms with van der Waals surface area (Å²) in [6, 6.07) is 20.2. The zero-order valence-electron chi connectivity index (χ0n) is 17.0. The molecule has 0 aliphatic heterocycles. The zero-order valence-corrected chi connectivity index (χ0v) is 17.9. The molecule has 0 N–H and O–H groups in total. The number of thiazole rings is 1. The third-order valence-corrected chi connectivity index (χ3v) is 6.72. The minimum absolute atomic E-state index is 0.0183. The van der Waals surface area contributed by atoms with Crippen LogP contribution in [0.5, 0.6) is 0 Å². The van der Waals surface area contributed by atoms with Crippen LogP contribution in [0.3, 0.4) is 0 Å². The Morgan fingerprint density at radius 3 is 2.74 bits per heavy atom. The summed E-state index contributed by atoms with van der Waals surface area (Å²) in [4.78, 5) is 22.9. The Balaban J connectivity index is 1.52. The van der Waals surface area contributed by atoms with Gasteiger partial charge >= 0.3 is 0 Å². The molecule has 0 radical (unpaired) electrons. The molecule has 0 atom stereocenters. The van der Waals surface area contributed by atoms with Crippen molar-refractivity contribution in [3.63, 3.8) is 0 Å². The number of nitrogens with zero attached hydrogens (tertiary/aromatic N) is 4. The van der Waals surface area contributed by atoms with E-state index in [-0.39, 0.29) is 5.56 Å². The standard InChI is InChI=1S/C25H18N4OS/c1-15-12-18(16(2)28(15)19-9-10-20-17(13-19)6-5-11-26-20)14-23-24(30)29-22-8-4-3-7-21(22)27-25(29)31-23/h3-14H,1-2H3/b23-14-. The molecule has 0 saturated heterocycles. The van der Waals surface area contributed by atoms with Gasteiger partial charge in [-0.1, -0.05) is 29.5 Å². The Morgan fingerprint density at radius 2 is 1.84 bits per heavy atom. The van der Waals surface area contributed by atoms with E-state index in [0.717, 1.165) is 49.5 Å². The van der Waals surface area contributed by atoms with E-state index in [1.54, 1.807) is 4.40 Å². The Bertz CT molecular complexity index is 1740. The quantitative estimate of drug-likeness (QED) is 0.415. The van der Waals surface area contributed by atoms with Crippen molar-refractivity contribution in [2.75, 3.05) is 0 Å². The minimum Gasteiger partial charge on any atom is -0.318 e. The maximum Gasteiger partial charge on any atom is 0.274 e. The van der Waals surface area contributed by atoms with Crippen LogP contribution in [0, 0.1) is 13.8 Å². The average Bonchev–Trinajstić information content (AvgIpc) is 3.38. The topological polar surface area (TPSA) is 52.2 Å². The summed E-state index contributed by atoms with van der Waals surface area (Å²) < 4.78 is 4.62. The Kier molecular flexibility index (Phi) is 3.85. The molecule has 4 heterocycles. The van der Waals surface area contributed by atoms with Crippen molar-refractivity contribution in [1.82, 2.24) is 18.9 Å². The lowest BCUT2D eigenvalue weighted by Crippen LogP contribution is -2.22. The fraction of sp³-hybridized carbons (Fsp3) is 0.0800. The van der Waals surface area contributed by atoms with Gasteiger partial charge in [-0.05, 0) is 68.0 Å². The normalized spacial score (nSPS) is 12.5. The average molecular weight is 423 g/mol. The highest BCUT2D eigenvalue weighted by molar-refractivity contribution is 7.15. The van der Waals surface area contributed by atoms with Crippen molar-refractivity contribution in [3.05, 3.63) is 98.7 Å². The van der Waals surface area contributed by atoms with Crippen LogP contribution in [-0.2, 0) is 0 Å². The smallest absolute Gasteiger partial charge is 0.274 e. The highest BCUT2D eigenvalue weighted by Gasteiger charge is 2.13. The van der Waals surface area contributed by atoms with Crippen LogP contribution >= 0.6 is 11.3 Å². The van der Waals surface area contributed by atoms with Crippen LogP contribution < -0.4 is 10.1 Å². The molecule has 150 valence electrons. The molecule has 0 fully saturated rings. The van der Waals surface area contributed by atoms with Gasteiger partial charge in [0.05, 0.1) is 21.1 Å². The number of hydrogen-bond donors (Lipinski definition) is 0. The molecule has 0 spiro atoms. The molecule has 0 aliphatic rings. The SMILES string of the molecule is Cc1cc(/C=c2\sc3nc4ccccc4n3c2=O)c(C)n1-c1ccc2ncccc2c1. The number of aromatic nitrogens is 4. The van der Waals surface area contributed by atoms with E-state index in [4.69, 9.17) is 0 Å². The van der Waals surface area contributed by atoms with E-state index < -0.39 is 0 Å². The summed E-state index contributed by atoms with van der Waals surface area (Å²) in [5, 5.41) is 1.10. The van der Waals surface area contributed by atoms with Crippen LogP contribution in [0.4, 0.5) is 0 Å². The molecule has 0 saturated carbocycles. The van der Waals surface area contributed by atoms with Crippen LogP contribution in [0.1, 0.15) is 17.0 Å². The summed E-state index contributed by atoms with van der Waals surface area (Å²) in [6.07, 6.45) is 3.79. The van der Waals surface area contributed by atoms with Gasteiger partial charge < -0.3 is 4.57 Å². The third-order valence-electron chi connectivity index (χ3n) is 5.75. The lowest BCUT2D eigenvalue weighted by atomic mass is 10.2. The molecule has 6 aromatic rings. The van der Waals surface area contributed by atoms with Crippen LogP contribution in [0.2, 0.25) is 0 Å². The first-order chi connectivity index (χ1) is 15.1. The third kappa shape index (κ3) is 2.72. The molecule has 5 nitrogen and oxygen atoms in total. The van der Waals surface area contributed by atoms with Crippen molar-refractivity contribution < 1.29 is 0 Å². The van der Waals surface area contributed by atoms with Crippen LogP contribution in [0.15, 0.2) is 71.7 Å². The van der Waals surface area contributed by atoms with E-state index in [2.05, 4.69) is 52.6 Å². The molecule has 0 bridgehead atoms. The molecule has 0 amide bonds. The lowest BCUT2D eigenvalue weighted by molar-refractivity contribution is 0.966. The van der Waals surface area contributed by atoms with Crippen molar-refractivity contribution in [3.8, 4) is 5.69 Å². The lowest BCUT2D eigenvalue weighted by Gasteiger charge is -2.10. The molecule has 2 aromatic carbocycles. The van der Waals surface area contributed by atoms with E-state index in [9.17, 15) is 4.79 Å². The van der Waals surface area contributed by atoms with Gasteiger partial charge in [-0.2, -0.15) is 0 Å². The number of rotatable bonds is 2. The van der Waals surface area contributed by atoms with E-state index in [1.165, 1.54) is 11.3 Å². The number of imidazole rings is 1. The van der Waals surface area contributed by atoms with Gasteiger partial charge in [0.15, 0.2) is 4.96 Å². The molecule has 6 rings (SSSR count). The van der Waals surface area contributed by atoms with Gasteiger partial charge in [0.1, 0.15) is 0 Å². The fourth-order valence-electron chi connectivity index (χ4n) is 4.29. The Morgan fingerprint density at radius 1 is 0.968 bits per heavy atom. The predicted octanol–water partition coefficient (Wildman–Crippen LogP) is 4.41. The second kappa shape index (κ2) is 6.62. The van der Waals surface area contributed by atoms with Gasteiger partial charge in [0.2, 0.25) is 0 Å². The highest BCUT2D eigenvalue weighted by Crippen LogP contribution is 2.24. The minimum atomic E-state index is -0.0183. The van der Waals surface area contributed by atoms with Crippen molar-refractivity contribution in [2.24, 2.45) is 0 Å². The maximum atomic E-state index is 13.1. The first-order valence-electron chi connectivity index (χ1n) is 10.1. The second-order valence-corrected chi connectivity index (χ2v) is 8.69. The monoisotopic (exact) mass is 422 g/mol.